The SMILES string of the molecule is CC/C=C\C/C=C\C/C=C\C/C=C\C/C=C\C/C=C\CCCCCCCCCCC(=O)OC(/C=C\CCCCCCCCCCCCC)C(COP(=O)(O)OCC[N+](C)(C)C)NC(=O)CCCCCCCCCCCCC/C=C\C/C=C\CCCCC. The molecule has 0 saturated heterocycles. The van der Waals surface area contributed by atoms with Crippen LogP contribution in [0.3, 0.4) is 0 Å². The average molecular weight is 1230 g/mol. The van der Waals surface area contributed by atoms with Gasteiger partial charge in [-0.2, -0.15) is 0 Å². The van der Waals surface area contributed by atoms with Crippen molar-refractivity contribution in [1.29, 1.82) is 0 Å². The molecule has 87 heavy (non-hydrogen) atoms. The lowest BCUT2D eigenvalue weighted by Crippen LogP contribution is -2.47. The lowest BCUT2D eigenvalue weighted by Gasteiger charge is -2.27. The predicted molar refractivity (Wildman–Crippen MR) is 378 cm³/mol. The Kier molecular flexibility index (Phi) is 63.1. The van der Waals surface area contributed by atoms with Crippen LogP contribution < -0.4 is 5.32 Å². The van der Waals surface area contributed by atoms with E-state index in [1.807, 2.05) is 33.3 Å². The molecular weight excluding hydrogens is 1100 g/mol. The van der Waals surface area contributed by atoms with Gasteiger partial charge in [-0.1, -0.05) is 297 Å². The van der Waals surface area contributed by atoms with Crippen LogP contribution >= 0.6 is 7.82 Å². The molecule has 0 heterocycles. The van der Waals surface area contributed by atoms with Crippen LogP contribution in [0.5, 0.6) is 0 Å². The number of hydrogen-bond donors (Lipinski definition) is 2. The van der Waals surface area contributed by atoms with E-state index in [0.717, 1.165) is 116 Å². The zero-order valence-electron chi connectivity index (χ0n) is 57.5. The monoisotopic (exact) mass is 1230 g/mol. The molecule has 9 nitrogen and oxygen atoms in total. The van der Waals surface area contributed by atoms with Gasteiger partial charge in [0, 0.05) is 12.8 Å². The number of nitrogens with one attached hydrogen (secondary N) is 1. The molecule has 0 radical (unpaired) electrons. The summed E-state index contributed by atoms with van der Waals surface area (Å²) in [6.07, 6.45) is 90.9. The van der Waals surface area contributed by atoms with Gasteiger partial charge >= 0.3 is 13.8 Å². The number of esters is 1. The number of allylic oxidation sites excluding steroid dienone is 17. The number of nitrogens with zero attached hydrogens (tertiary/aromatic N) is 1. The molecule has 0 spiro atoms. The fourth-order valence-electron chi connectivity index (χ4n) is 10.2. The van der Waals surface area contributed by atoms with Crippen molar-refractivity contribution in [3.63, 3.8) is 0 Å². The Balaban J connectivity index is 5.12. The number of phosphoric acid groups is 1. The average Bonchev–Trinajstić information content (AvgIpc) is 3.70. The number of carbonyl (C=O) groups is 2. The van der Waals surface area contributed by atoms with Crippen molar-refractivity contribution in [2.24, 2.45) is 0 Å². The van der Waals surface area contributed by atoms with Gasteiger partial charge in [-0.15, -0.1) is 0 Å². The van der Waals surface area contributed by atoms with Crippen molar-refractivity contribution in [2.45, 2.75) is 328 Å². The minimum absolute atomic E-state index is 0.0343. The van der Waals surface area contributed by atoms with Crippen molar-refractivity contribution >= 4 is 19.7 Å². The second-order valence-electron chi connectivity index (χ2n) is 25.4. The third kappa shape index (κ3) is 66.9. The van der Waals surface area contributed by atoms with Gasteiger partial charge < -0.3 is 19.4 Å². The maximum Gasteiger partial charge on any atom is 0.472 e. The molecule has 0 aromatic rings. The standard InChI is InChI=1S/C77H137N2O7P/c1-7-10-13-16-19-22-25-28-30-32-34-36-37-38-39-40-41-43-45-47-49-52-55-58-61-64-67-70-77(81)86-75(68-65-62-59-56-53-50-27-24-21-18-15-12-9-3)74(73-85-87(82,83)84-72-71-79(4,5)6)78-76(80)69-66-63-60-57-54-51-48-46-44-42-35-33-31-29-26-23-20-17-14-11-8-2/h10,13,19-20,22-23,28-31,34,36,38-39,41,43,65,68,74-75H,7-9,11-12,14-18,21,24-27,32-33,35,37,40,42,44-64,66-67,69-73H2,1-6H3,(H-,78,80,82,83)/p+1/b13-10-,22-19-,23-20-,30-28-,31-29-,36-34-,39-38-,43-41-,68-65-. The summed E-state index contributed by atoms with van der Waals surface area (Å²) >= 11 is 0. The van der Waals surface area contributed by atoms with Gasteiger partial charge in [0.25, 0.3) is 0 Å². The van der Waals surface area contributed by atoms with Crippen molar-refractivity contribution in [3.05, 3.63) is 109 Å². The molecule has 10 heteroatoms. The van der Waals surface area contributed by atoms with E-state index in [1.54, 1.807) is 0 Å². The number of carbonyl (C=O) groups excluding carboxylic acids is 2. The van der Waals surface area contributed by atoms with E-state index in [0.29, 0.717) is 17.4 Å². The second-order valence-corrected chi connectivity index (χ2v) is 26.8. The molecule has 0 bridgehead atoms. The van der Waals surface area contributed by atoms with Gasteiger partial charge in [-0.05, 0) is 115 Å². The van der Waals surface area contributed by atoms with E-state index < -0.39 is 20.0 Å². The van der Waals surface area contributed by atoms with Gasteiger partial charge in [0.2, 0.25) is 5.91 Å². The molecule has 0 aliphatic carbocycles. The highest BCUT2D eigenvalue weighted by Crippen LogP contribution is 2.43. The fourth-order valence-corrected chi connectivity index (χ4v) is 10.9. The first kappa shape index (κ1) is 83.7. The van der Waals surface area contributed by atoms with Crippen LogP contribution in [0.2, 0.25) is 0 Å². The summed E-state index contributed by atoms with van der Waals surface area (Å²) in [5, 5.41) is 3.07. The smallest absolute Gasteiger partial charge is 0.456 e. The molecule has 0 aliphatic rings. The maximum atomic E-state index is 13.6. The van der Waals surface area contributed by atoms with Crippen molar-refractivity contribution in [2.75, 3.05) is 40.9 Å². The molecule has 3 unspecified atom stereocenters. The van der Waals surface area contributed by atoms with Crippen LogP contribution in [-0.4, -0.2) is 74.3 Å². The van der Waals surface area contributed by atoms with E-state index >= 15 is 0 Å². The van der Waals surface area contributed by atoms with E-state index in [-0.39, 0.29) is 31.5 Å². The number of amides is 1. The number of hydrogen-bond acceptors (Lipinski definition) is 6. The van der Waals surface area contributed by atoms with Crippen molar-refractivity contribution in [1.82, 2.24) is 5.32 Å². The summed E-state index contributed by atoms with van der Waals surface area (Å²) < 4.78 is 30.9. The number of phosphoric ester groups is 1. The van der Waals surface area contributed by atoms with Crippen LogP contribution in [-0.2, 0) is 27.9 Å². The Morgan fingerprint density at radius 2 is 0.736 bits per heavy atom. The summed E-state index contributed by atoms with van der Waals surface area (Å²) in [5.41, 5.74) is 0. The number of rotatable bonds is 65. The molecule has 2 N–H and O–H groups in total. The zero-order chi connectivity index (χ0) is 63.5. The first-order chi connectivity index (χ1) is 42.4. The molecule has 0 aromatic carbocycles. The van der Waals surface area contributed by atoms with Crippen LogP contribution in [0.15, 0.2) is 109 Å². The van der Waals surface area contributed by atoms with E-state index in [4.69, 9.17) is 13.8 Å². The molecular formula is C77H138N2O7P+. The van der Waals surface area contributed by atoms with Gasteiger partial charge in [0.1, 0.15) is 19.3 Å². The molecule has 0 aliphatic heterocycles. The van der Waals surface area contributed by atoms with Gasteiger partial charge in [-0.3, -0.25) is 18.6 Å². The number of likely N-dealkylation sites (N-methyl/N-ethyl adjacent to an activating group) is 1. The third-order valence-electron chi connectivity index (χ3n) is 15.7. The second kappa shape index (κ2) is 65.6. The highest BCUT2D eigenvalue weighted by atomic mass is 31.2. The summed E-state index contributed by atoms with van der Waals surface area (Å²) in [6.45, 7) is 6.89. The molecule has 1 amide bonds. The summed E-state index contributed by atoms with van der Waals surface area (Å²) in [5.74, 6) is -0.514. The third-order valence-corrected chi connectivity index (χ3v) is 16.7. The van der Waals surface area contributed by atoms with Crippen molar-refractivity contribution in [3.8, 4) is 0 Å². The van der Waals surface area contributed by atoms with Gasteiger partial charge in [0.05, 0.1) is 33.8 Å². The lowest BCUT2D eigenvalue weighted by molar-refractivity contribution is -0.870. The van der Waals surface area contributed by atoms with E-state index in [9.17, 15) is 19.0 Å². The Labute approximate surface area is 538 Å². The minimum Gasteiger partial charge on any atom is -0.456 e. The summed E-state index contributed by atoms with van der Waals surface area (Å²) in [6, 6.07) is -0.860. The van der Waals surface area contributed by atoms with Crippen molar-refractivity contribution < 1.29 is 37.3 Å². The first-order valence-electron chi connectivity index (χ1n) is 36.2. The van der Waals surface area contributed by atoms with E-state index in [1.165, 1.54) is 167 Å². The van der Waals surface area contributed by atoms with Crippen LogP contribution in [0.1, 0.15) is 316 Å². The highest BCUT2D eigenvalue weighted by molar-refractivity contribution is 7.47. The number of unbranched alkanes of at least 4 members (excludes halogenated alkanes) is 33. The highest BCUT2D eigenvalue weighted by Gasteiger charge is 2.30. The molecule has 502 valence electrons. The Morgan fingerprint density at radius 1 is 0.414 bits per heavy atom. The lowest BCUT2D eigenvalue weighted by atomic mass is 10.0. The summed E-state index contributed by atoms with van der Waals surface area (Å²) in [4.78, 5) is 38.0. The largest absolute Gasteiger partial charge is 0.472 e. The van der Waals surface area contributed by atoms with Gasteiger partial charge in [-0.25, -0.2) is 4.57 Å². The summed E-state index contributed by atoms with van der Waals surface area (Å²) in [7, 11) is 1.48. The Hall–Kier alpha value is -3.33. The number of quaternary nitrogens is 1. The topological polar surface area (TPSA) is 111 Å². The predicted octanol–water partition coefficient (Wildman–Crippen LogP) is 23.2. The minimum atomic E-state index is -4.46. The Morgan fingerprint density at radius 3 is 1.13 bits per heavy atom. The van der Waals surface area contributed by atoms with E-state index in [2.05, 4.69) is 123 Å². The molecule has 0 fully saturated rings. The quantitative estimate of drug-likeness (QED) is 0.0205. The first-order valence-corrected chi connectivity index (χ1v) is 37.7. The van der Waals surface area contributed by atoms with Crippen LogP contribution in [0, 0.1) is 0 Å². The molecule has 0 rings (SSSR count). The Bertz CT molecular complexity index is 1860. The normalized spacial score (nSPS) is 14.1. The van der Waals surface area contributed by atoms with Crippen LogP contribution in [0.25, 0.3) is 0 Å². The van der Waals surface area contributed by atoms with Crippen LogP contribution in [0.4, 0.5) is 0 Å². The molecule has 0 saturated carbocycles. The maximum absolute atomic E-state index is 13.6. The van der Waals surface area contributed by atoms with Gasteiger partial charge in [0.15, 0.2) is 0 Å². The molecule has 3 atom stereocenters. The fraction of sp³-hybridized carbons (Fsp3) is 0.740. The zero-order valence-corrected chi connectivity index (χ0v) is 58.4. The number of ether oxygens (including phenoxy) is 1. The molecule has 0 aromatic heterocycles.